The molecule has 3 unspecified atom stereocenters. The molecule has 0 aliphatic carbocycles. The molecule has 0 aromatic heterocycles. The van der Waals surface area contributed by atoms with E-state index in [2.05, 4.69) is 32.7 Å². The molecule has 1 aliphatic heterocycles. The lowest BCUT2D eigenvalue weighted by Gasteiger charge is -2.24. The average molecular weight is 211 g/mol. The summed E-state index contributed by atoms with van der Waals surface area (Å²) in [5.74, 6) is 0. The highest BCUT2D eigenvalue weighted by atomic mass is 16.5. The molecule has 15 heavy (non-hydrogen) atoms. The number of hydrogen-bond acceptors (Lipinski definition) is 2. The fraction of sp³-hybridized carbons (Fsp3) is 0.846. The minimum atomic E-state index is 0.416. The molecule has 1 aliphatic rings. The van der Waals surface area contributed by atoms with E-state index in [-0.39, 0.29) is 0 Å². The van der Waals surface area contributed by atoms with Crippen LogP contribution in [0.1, 0.15) is 46.5 Å². The summed E-state index contributed by atoms with van der Waals surface area (Å²) in [6.45, 7) is 11.4. The molecule has 3 atom stereocenters. The Morgan fingerprint density at radius 2 is 2.27 bits per heavy atom. The van der Waals surface area contributed by atoms with Crippen LogP contribution in [0.15, 0.2) is 12.2 Å². The first kappa shape index (κ1) is 12.7. The van der Waals surface area contributed by atoms with Crippen LogP contribution in [-0.2, 0) is 4.74 Å². The summed E-state index contributed by atoms with van der Waals surface area (Å²) in [7, 11) is 0. The minimum absolute atomic E-state index is 0.416. The Morgan fingerprint density at radius 1 is 1.53 bits per heavy atom. The van der Waals surface area contributed by atoms with Gasteiger partial charge in [0.25, 0.3) is 0 Å². The second kappa shape index (κ2) is 6.29. The summed E-state index contributed by atoms with van der Waals surface area (Å²) in [4.78, 5) is 0. The Labute approximate surface area is 94.1 Å². The zero-order valence-corrected chi connectivity index (χ0v) is 10.4. The summed E-state index contributed by atoms with van der Waals surface area (Å²) in [6.07, 6.45) is 5.53. The summed E-state index contributed by atoms with van der Waals surface area (Å²) >= 11 is 0. The Morgan fingerprint density at radius 3 is 2.73 bits per heavy atom. The van der Waals surface area contributed by atoms with Gasteiger partial charge in [-0.05, 0) is 46.1 Å². The van der Waals surface area contributed by atoms with Crippen LogP contribution in [0.3, 0.4) is 0 Å². The van der Waals surface area contributed by atoms with Crippen LogP contribution < -0.4 is 5.32 Å². The van der Waals surface area contributed by atoms with Gasteiger partial charge in [0.15, 0.2) is 0 Å². The van der Waals surface area contributed by atoms with Gasteiger partial charge in [-0.15, -0.1) is 6.58 Å². The molecule has 0 radical (unpaired) electrons. The molecule has 0 aromatic carbocycles. The average Bonchev–Trinajstić information content (AvgIpc) is 2.59. The van der Waals surface area contributed by atoms with Crippen LogP contribution in [0.5, 0.6) is 0 Å². The highest BCUT2D eigenvalue weighted by Crippen LogP contribution is 2.24. The third-order valence-corrected chi connectivity index (χ3v) is 3.06. The number of nitrogens with one attached hydrogen (secondary N) is 1. The van der Waals surface area contributed by atoms with Crippen molar-refractivity contribution >= 4 is 0 Å². The molecule has 2 heteroatoms. The summed E-state index contributed by atoms with van der Waals surface area (Å²) in [5.41, 5.74) is 1.27. The molecule has 1 heterocycles. The van der Waals surface area contributed by atoms with Crippen molar-refractivity contribution in [1.29, 1.82) is 0 Å². The highest BCUT2D eigenvalue weighted by molar-refractivity contribution is 4.92. The van der Waals surface area contributed by atoms with Gasteiger partial charge in [0, 0.05) is 6.04 Å². The standard InChI is InChI=1S/C13H25NO/c1-5-14-12(8-6-10(2)3)13-9-7-11(4)15-13/h11-14H,2,5-9H2,1,3-4H3. The van der Waals surface area contributed by atoms with E-state index in [1.807, 2.05) is 0 Å². The Bertz CT molecular complexity index is 203. The van der Waals surface area contributed by atoms with E-state index in [9.17, 15) is 0 Å². The zero-order chi connectivity index (χ0) is 11.3. The second-order valence-corrected chi connectivity index (χ2v) is 4.72. The molecule has 1 N–H and O–H groups in total. The van der Waals surface area contributed by atoms with Gasteiger partial charge >= 0.3 is 0 Å². The van der Waals surface area contributed by atoms with Gasteiger partial charge in [-0.1, -0.05) is 12.5 Å². The fourth-order valence-electron chi connectivity index (χ4n) is 2.21. The topological polar surface area (TPSA) is 21.3 Å². The van der Waals surface area contributed by atoms with Crippen LogP contribution in [0.2, 0.25) is 0 Å². The highest BCUT2D eigenvalue weighted by Gasteiger charge is 2.28. The molecule has 2 nitrogen and oxygen atoms in total. The molecule has 1 rings (SSSR count). The molecule has 0 saturated carbocycles. The van der Waals surface area contributed by atoms with Crippen LogP contribution in [0, 0.1) is 0 Å². The summed E-state index contributed by atoms with van der Waals surface area (Å²) < 4.78 is 5.92. The van der Waals surface area contributed by atoms with Gasteiger partial charge < -0.3 is 10.1 Å². The number of hydrogen-bond donors (Lipinski definition) is 1. The van der Waals surface area contributed by atoms with Gasteiger partial charge in [-0.25, -0.2) is 0 Å². The SMILES string of the molecule is C=C(C)CCC(NCC)C1CCC(C)O1. The van der Waals surface area contributed by atoms with Crippen molar-refractivity contribution < 1.29 is 4.74 Å². The lowest BCUT2D eigenvalue weighted by atomic mass is 10.0. The van der Waals surface area contributed by atoms with Crippen molar-refractivity contribution in [1.82, 2.24) is 5.32 Å². The van der Waals surface area contributed by atoms with Crippen LogP contribution in [0.25, 0.3) is 0 Å². The van der Waals surface area contributed by atoms with Crippen LogP contribution >= 0.6 is 0 Å². The van der Waals surface area contributed by atoms with Gasteiger partial charge in [0.05, 0.1) is 12.2 Å². The summed E-state index contributed by atoms with van der Waals surface area (Å²) in [5, 5.41) is 3.53. The van der Waals surface area contributed by atoms with E-state index in [0.717, 1.165) is 19.4 Å². The monoisotopic (exact) mass is 211 g/mol. The first-order valence-corrected chi connectivity index (χ1v) is 6.16. The van der Waals surface area contributed by atoms with E-state index in [4.69, 9.17) is 4.74 Å². The van der Waals surface area contributed by atoms with E-state index in [1.54, 1.807) is 0 Å². The first-order valence-electron chi connectivity index (χ1n) is 6.16. The lowest BCUT2D eigenvalue weighted by molar-refractivity contribution is 0.0305. The number of likely N-dealkylation sites (N-methyl/N-ethyl adjacent to an activating group) is 1. The van der Waals surface area contributed by atoms with Crippen molar-refractivity contribution in [3.63, 3.8) is 0 Å². The molecule has 0 spiro atoms. The third kappa shape index (κ3) is 4.35. The van der Waals surface area contributed by atoms with Gasteiger partial charge in [-0.3, -0.25) is 0 Å². The quantitative estimate of drug-likeness (QED) is 0.682. The van der Waals surface area contributed by atoms with Crippen molar-refractivity contribution in [2.24, 2.45) is 0 Å². The zero-order valence-electron chi connectivity index (χ0n) is 10.4. The lowest BCUT2D eigenvalue weighted by Crippen LogP contribution is -2.39. The largest absolute Gasteiger partial charge is 0.374 e. The van der Waals surface area contributed by atoms with Crippen molar-refractivity contribution in [3.8, 4) is 0 Å². The van der Waals surface area contributed by atoms with Gasteiger partial charge in [0.2, 0.25) is 0 Å². The molecular formula is C13H25NO. The normalized spacial score (nSPS) is 27.9. The number of allylic oxidation sites excluding steroid dienone is 1. The molecule has 1 fully saturated rings. The van der Waals surface area contributed by atoms with Gasteiger partial charge in [-0.2, -0.15) is 0 Å². The molecule has 1 saturated heterocycles. The van der Waals surface area contributed by atoms with Crippen LogP contribution in [0.4, 0.5) is 0 Å². The number of rotatable bonds is 6. The first-order chi connectivity index (χ1) is 7.13. The minimum Gasteiger partial charge on any atom is -0.374 e. The maximum Gasteiger partial charge on any atom is 0.0732 e. The van der Waals surface area contributed by atoms with Crippen LogP contribution in [-0.4, -0.2) is 24.8 Å². The van der Waals surface area contributed by atoms with E-state index in [1.165, 1.54) is 18.4 Å². The molecule has 0 aromatic rings. The van der Waals surface area contributed by atoms with Crippen molar-refractivity contribution in [2.45, 2.75) is 64.7 Å². The molecule has 0 bridgehead atoms. The predicted octanol–water partition coefficient (Wildman–Crippen LogP) is 2.89. The van der Waals surface area contributed by atoms with E-state index in [0.29, 0.717) is 18.2 Å². The second-order valence-electron chi connectivity index (χ2n) is 4.72. The smallest absolute Gasteiger partial charge is 0.0732 e. The molecule has 0 amide bonds. The Hall–Kier alpha value is -0.340. The van der Waals surface area contributed by atoms with Gasteiger partial charge in [0.1, 0.15) is 0 Å². The molecule has 88 valence electrons. The Balaban J connectivity index is 2.38. The number of ether oxygens (including phenoxy) is 1. The fourth-order valence-corrected chi connectivity index (χ4v) is 2.21. The molecular weight excluding hydrogens is 186 g/mol. The maximum absolute atomic E-state index is 5.92. The van der Waals surface area contributed by atoms with E-state index >= 15 is 0 Å². The summed E-state index contributed by atoms with van der Waals surface area (Å²) in [6, 6.07) is 0.511. The van der Waals surface area contributed by atoms with E-state index < -0.39 is 0 Å². The maximum atomic E-state index is 5.92. The Kier molecular flexibility index (Phi) is 5.34. The van der Waals surface area contributed by atoms with Crippen molar-refractivity contribution in [3.05, 3.63) is 12.2 Å². The predicted molar refractivity (Wildman–Crippen MR) is 65.1 cm³/mol. The van der Waals surface area contributed by atoms with Crippen molar-refractivity contribution in [2.75, 3.05) is 6.54 Å². The third-order valence-electron chi connectivity index (χ3n) is 3.06.